The Bertz CT molecular complexity index is 5210. The van der Waals surface area contributed by atoms with Crippen LogP contribution in [0.1, 0.15) is 189 Å². The minimum atomic E-state index is -2.51. The number of hydrogen-bond donors (Lipinski definition) is 6. The average molecular weight is 1720 g/mol. The summed E-state index contributed by atoms with van der Waals surface area (Å²) in [7, 11) is 4.64. The van der Waals surface area contributed by atoms with Gasteiger partial charge in [0.05, 0.1) is 30.5 Å². The summed E-state index contributed by atoms with van der Waals surface area (Å²) >= 11 is 0. The second kappa shape index (κ2) is 67.5. The normalized spacial score (nSPS) is 22.4. The molecular weight excluding hydrogens is 1570 g/mol. The summed E-state index contributed by atoms with van der Waals surface area (Å²) in [6.45, 7) is 17.0. The number of ether oxygens (including phenoxy) is 5. The Kier molecular flexibility index (Phi) is 57.9. The first kappa shape index (κ1) is 105. The molecule has 3 heterocycles. The number of cyclic esters (lactones) is 1. The van der Waals surface area contributed by atoms with Crippen LogP contribution in [-0.4, -0.2) is 137 Å². The maximum Gasteiger partial charge on any atom is 0.329 e. The largest absolute Gasteiger partial charge is 0.456 e. The zero-order valence-corrected chi connectivity index (χ0v) is 69.0. The molecule has 0 aromatic heterocycles. The Morgan fingerprint density at radius 1 is 0.541 bits per heavy atom. The predicted molar refractivity (Wildman–Crippen MR) is 514 cm³/mol. The van der Waals surface area contributed by atoms with Crippen molar-refractivity contribution in [3.05, 3.63) is 35.5 Å². The molecule has 26 heteroatoms. The fourth-order valence-corrected chi connectivity index (χ4v) is 11.4. The summed E-state index contributed by atoms with van der Waals surface area (Å²) in [6.07, 6.45) is 8.48. The standard InChI is InChI=1S/C48H77NO12.C48H6.H3NO12.35H2/c1-28(2)15-11-12-16-35-22-29(3)21-30(4)23-41(58-9)44-42(59-10)25-32(6)48(56,61-44)45(53)46(54)49-20-14-13-17-36(49)47(55)60-43(33(7)38(51)27-39(35)52)31(5)24-34-18-19-37(50)40(26-34)57-8;1-3-5-7-9-11-13-15-17-19-21-23-25-27-29-31-33-35-37-39-41-43-45-47-48-46-44-42-40-38-36-34-32-30-28-26-24-22-20-18-16-14-12-10-8-6-4-2;2-6-10-12-8-4-1-5-9-13-11-7-3;;;;;;;;;;;;;;;;;;;;;;;;;;;;;;;;;;;/h11-12,22,24,28,30,32-38,40-44,50-51,56H,13-21,23,25-27H2,1-10H3;1-2H3;1-3H;35*1H/b12-11+,29-22+,31-24+;;;;;;;;;;;;;;;;;;;;;;;;;;;;;;;;;;;;;/t30-,32+,33+,34-,35+,36-,37+,38-,40+,41-,42-,43+,44+,48+;;;;;;;;;;;;;;;;;;;;;;;;;;;;;;;;;;;;;/m0...................................../s1. The van der Waals surface area contributed by atoms with Crippen molar-refractivity contribution in [3.8, 4) is 272 Å². The lowest BCUT2D eigenvalue weighted by Gasteiger charge is -2.47. The van der Waals surface area contributed by atoms with Gasteiger partial charge in [-0.3, -0.25) is 14.4 Å². The van der Waals surface area contributed by atoms with Crippen molar-refractivity contribution < 1.29 is 169 Å². The number of aliphatic hydroxyl groups excluding tert-OH is 2. The smallest absolute Gasteiger partial charge is 0.329 e. The Labute approximate surface area is 766 Å². The molecule has 3 fully saturated rings. The van der Waals surface area contributed by atoms with Gasteiger partial charge in [0.15, 0.2) is 0 Å². The van der Waals surface area contributed by atoms with Crippen molar-refractivity contribution in [2.45, 2.75) is 194 Å². The molecule has 1 aliphatic carbocycles. The van der Waals surface area contributed by atoms with Crippen molar-refractivity contribution in [1.29, 1.82) is 0 Å². The number of nitrogens with one attached hydrogen (secondary N) is 1. The third-order valence-corrected chi connectivity index (χ3v) is 16.9. The number of allylic oxidation sites excluding steroid dienone is 5. The van der Waals surface area contributed by atoms with Crippen LogP contribution in [0.2, 0.25) is 0 Å². The van der Waals surface area contributed by atoms with E-state index < -0.39 is 83.9 Å². The number of carbonyl (C=O) groups excluding carboxylic acids is 4. The summed E-state index contributed by atoms with van der Waals surface area (Å²) in [4.78, 5) is 65.7. The van der Waals surface area contributed by atoms with Crippen LogP contribution in [0.15, 0.2) is 35.5 Å². The first-order chi connectivity index (χ1) is 59.2. The molecule has 1 amide bonds. The van der Waals surface area contributed by atoms with Gasteiger partial charge in [0.25, 0.3) is 11.7 Å². The number of amides is 1. The maximum atomic E-state index is 14.4. The molecule has 2 bridgehead atoms. The van der Waals surface area contributed by atoms with E-state index in [9.17, 15) is 34.5 Å². The lowest BCUT2D eigenvalue weighted by atomic mass is 9.81. The molecule has 0 aromatic rings. The summed E-state index contributed by atoms with van der Waals surface area (Å²) in [5.74, 6) is 108. The van der Waals surface area contributed by atoms with Gasteiger partial charge in [0.2, 0.25) is 5.79 Å². The fourth-order valence-electron chi connectivity index (χ4n) is 11.4. The molecule has 0 unspecified atom stereocenters. The molecular formula is C96H156N2O24. The third kappa shape index (κ3) is 46.7. The molecule has 3 aliphatic heterocycles. The molecule has 694 valence electrons. The summed E-state index contributed by atoms with van der Waals surface area (Å²) in [6, 6.07) is -1.14. The molecule has 4 aliphatic rings. The third-order valence-electron chi connectivity index (χ3n) is 16.9. The van der Waals surface area contributed by atoms with E-state index in [1.165, 1.54) is 24.8 Å². The molecule has 122 heavy (non-hydrogen) atoms. The minimum absolute atomic E-state index is 0. The molecule has 1 saturated carbocycles. The number of aliphatic hydroxyl groups is 3. The van der Waals surface area contributed by atoms with E-state index in [1.807, 2.05) is 32.1 Å². The van der Waals surface area contributed by atoms with E-state index in [0.29, 0.717) is 62.9 Å². The van der Waals surface area contributed by atoms with Crippen LogP contribution in [0.25, 0.3) is 0 Å². The van der Waals surface area contributed by atoms with Crippen LogP contribution in [0.3, 0.4) is 0 Å². The van der Waals surface area contributed by atoms with E-state index >= 15 is 0 Å². The van der Waals surface area contributed by atoms with Gasteiger partial charge in [-0.05, 0) is 262 Å². The predicted octanol–water partition coefficient (Wildman–Crippen LogP) is 14.6. The van der Waals surface area contributed by atoms with Crippen molar-refractivity contribution in [2.24, 2.45) is 35.5 Å². The number of esters is 1. The van der Waals surface area contributed by atoms with Crippen LogP contribution in [0.5, 0.6) is 0 Å². The molecule has 6 N–H and O–H groups in total. The van der Waals surface area contributed by atoms with Crippen LogP contribution in [-0.2, 0) is 93.1 Å². The van der Waals surface area contributed by atoms with Crippen LogP contribution < -0.4 is 5.64 Å². The van der Waals surface area contributed by atoms with E-state index in [4.69, 9.17) is 34.2 Å². The average Bonchev–Trinajstić information content (AvgIpc) is 0.865. The molecule has 0 radical (unpaired) electrons. The van der Waals surface area contributed by atoms with Gasteiger partial charge < -0.3 is 43.9 Å². The SMILES string of the molecule is CC#CC#CC#CC#CC#CC#CC#CC#CC#CC#CC#CC#CC#CC#CC#CC#CC#CC#CC#CC#CC#CC#CC#CC.CO[C@H]1C[C@@H](C)C/C(C)=C/[C@@H](C/C=C/CC(C)C)C(=O)C[C@H](O)[C@@H](C)[C@@H](/C(C)=C/[C@@H]2CC[C@@H](O)[C@H](OC)C2)OC(=O)[C@@H]2CCCCN2C(=O)C(=O)[C@]2(O)O[C@H]1[C@@H](OC)C[C@H]2C.OOOOOONOOOOOO.[HH].[HH].[HH].[HH].[HH].[HH].[HH].[HH].[HH].[HH].[HH].[HH].[HH].[HH].[HH].[HH].[HH].[HH].[HH].[HH].[HH].[HH].[HH].[HH].[HH].[HH].[HH].[HH].[HH].[HH].[HH].[HH].[HH].[HH].[HH]. The number of carbonyl (C=O) groups is 4. The Hall–Kier alpha value is -13.4. The number of hydrogen-bond acceptors (Lipinski definition) is 25. The van der Waals surface area contributed by atoms with Gasteiger partial charge >= 0.3 is 5.97 Å². The topological polar surface area (TPSA) is 323 Å². The van der Waals surface area contributed by atoms with E-state index in [-0.39, 0.29) is 99.5 Å². The van der Waals surface area contributed by atoms with Gasteiger partial charge in [-0.15, -0.1) is 0 Å². The van der Waals surface area contributed by atoms with Crippen molar-refractivity contribution in [3.63, 3.8) is 0 Å². The highest BCUT2D eigenvalue weighted by atomic mass is 17.9. The van der Waals surface area contributed by atoms with Crippen molar-refractivity contribution in [1.82, 2.24) is 10.5 Å². The van der Waals surface area contributed by atoms with Crippen LogP contribution in [0, 0.1) is 308 Å². The Morgan fingerprint density at radius 3 is 1.34 bits per heavy atom. The van der Waals surface area contributed by atoms with Gasteiger partial charge in [-0.1, -0.05) is 86.3 Å². The summed E-state index contributed by atoms with van der Waals surface area (Å²) in [5, 5.41) is 75.3. The lowest BCUT2D eigenvalue weighted by molar-refractivity contribution is -0.792. The van der Waals surface area contributed by atoms with E-state index in [2.05, 4.69) is 349 Å². The van der Waals surface area contributed by atoms with Gasteiger partial charge in [-0.25, -0.2) is 15.3 Å². The molecule has 26 nitrogen and oxygen atoms in total. The molecule has 0 spiro atoms. The Morgan fingerprint density at radius 2 is 0.951 bits per heavy atom. The molecule has 2 saturated heterocycles. The van der Waals surface area contributed by atoms with Gasteiger partial charge in [-0.2, -0.15) is 0 Å². The first-order valence-corrected chi connectivity index (χ1v) is 37.1. The highest BCUT2D eigenvalue weighted by Crippen LogP contribution is 2.39. The van der Waals surface area contributed by atoms with Crippen LogP contribution in [0.4, 0.5) is 0 Å². The number of ketones is 2. The highest BCUT2D eigenvalue weighted by Gasteiger charge is 2.57. The van der Waals surface area contributed by atoms with Crippen molar-refractivity contribution in [2.75, 3.05) is 27.9 Å². The summed E-state index contributed by atoms with van der Waals surface area (Å²) in [5.41, 5.74) is 3.02. The van der Waals surface area contributed by atoms with Crippen molar-refractivity contribution >= 4 is 23.4 Å². The lowest BCUT2D eigenvalue weighted by Crippen LogP contribution is -2.64. The van der Waals surface area contributed by atoms with E-state index in [0.717, 1.165) is 12.0 Å². The Balaban J connectivity index is -0.0000000454. The number of rotatable bonds is 19. The number of methoxy groups -OCH3 is 3. The molecule has 4 rings (SSSR count). The van der Waals surface area contributed by atoms with Gasteiger partial charge in [0.1, 0.15) is 24.0 Å². The first-order valence-electron chi connectivity index (χ1n) is 37.1. The number of piperidine rings is 1. The molecule has 14 atom stereocenters. The zero-order valence-electron chi connectivity index (χ0n) is 69.0. The fraction of sp³-hybridized carbons (Fsp3) is 0.417. The second-order valence-corrected chi connectivity index (χ2v) is 25.9. The van der Waals surface area contributed by atoms with E-state index in [1.54, 1.807) is 34.8 Å². The van der Waals surface area contributed by atoms with Crippen LogP contribution >= 0.6 is 0 Å². The van der Waals surface area contributed by atoms with Gasteiger partial charge in [0, 0.05) is 268 Å². The summed E-state index contributed by atoms with van der Waals surface area (Å²) < 4.78 is 30.0. The number of Topliss-reactive ketones (excluding diaryl/α,β-unsaturated/α-hetero) is 2. The zero-order chi connectivity index (χ0) is 89.5. The maximum absolute atomic E-state index is 14.4. The highest BCUT2D eigenvalue weighted by molar-refractivity contribution is 6.39. The monoisotopic (exact) mass is 1720 g/mol. The molecule has 0 aromatic carbocycles. The minimum Gasteiger partial charge on any atom is -0.456 e. The second-order valence-electron chi connectivity index (χ2n) is 25.9. The number of nitrogens with zero attached hydrogens (tertiary/aromatic N) is 1. The number of fused-ring (bicyclic) bond motifs is 3. The quantitative estimate of drug-likeness (QED) is 0.0133.